The lowest BCUT2D eigenvalue weighted by molar-refractivity contribution is -0.115. The third-order valence-corrected chi connectivity index (χ3v) is 4.06. The Morgan fingerprint density at radius 2 is 1.61 bits per heavy atom. The molecule has 0 aromatic heterocycles. The molecule has 106 valence electrons. The van der Waals surface area contributed by atoms with Crippen LogP contribution in [0.15, 0.2) is 11.9 Å². The third kappa shape index (κ3) is 6.12. The summed E-state index contributed by atoms with van der Waals surface area (Å²) in [5.41, 5.74) is 0. The van der Waals surface area contributed by atoms with E-state index in [1.807, 2.05) is 27.7 Å². The molecule has 1 saturated heterocycles. The number of rotatable bonds is 6. The van der Waals surface area contributed by atoms with E-state index in [0.29, 0.717) is 20.0 Å². The van der Waals surface area contributed by atoms with Gasteiger partial charge >= 0.3 is 7.60 Å². The van der Waals surface area contributed by atoms with Crippen molar-refractivity contribution in [2.75, 3.05) is 20.0 Å². The molecule has 0 spiro atoms. The highest BCUT2D eigenvalue weighted by Crippen LogP contribution is 2.52. The maximum atomic E-state index is 12.5. The maximum absolute atomic E-state index is 12.5. The Hall–Kier alpha value is -0.190. The summed E-state index contributed by atoms with van der Waals surface area (Å²) in [5, 5.41) is 0. The Bertz CT molecular complexity index is 294. The van der Waals surface area contributed by atoms with Crippen LogP contribution in [0.3, 0.4) is 0 Å². The zero-order chi connectivity index (χ0) is 13.6. The van der Waals surface area contributed by atoms with Gasteiger partial charge in [0.2, 0.25) is 0 Å². The van der Waals surface area contributed by atoms with Crippen molar-refractivity contribution in [3.63, 3.8) is 0 Å². The van der Waals surface area contributed by atoms with E-state index < -0.39 is 7.60 Å². The molecule has 18 heavy (non-hydrogen) atoms. The fraction of sp³-hybridized carbons (Fsp3) is 0.833. The van der Waals surface area contributed by atoms with Crippen LogP contribution in [0.1, 0.15) is 27.7 Å². The lowest BCUT2D eigenvalue weighted by atomic mass is 10.2. The van der Waals surface area contributed by atoms with Gasteiger partial charge in [-0.1, -0.05) is 6.08 Å². The van der Waals surface area contributed by atoms with E-state index in [9.17, 15) is 4.57 Å². The van der Waals surface area contributed by atoms with Crippen LogP contribution >= 0.6 is 7.60 Å². The molecule has 1 rings (SSSR count). The minimum absolute atomic E-state index is 0.0959. The molecule has 0 saturated carbocycles. The molecule has 0 radical (unpaired) electrons. The first-order valence-electron chi connectivity index (χ1n) is 6.22. The van der Waals surface area contributed by atoms with E-state index in [4.69, 9.17) is 18.5 Å². The van der Waals surface area contributed by atoms with Gasteiger partial charge in [0, 0.05) is 11.7 Å². The van der Waals surface area contributed by atoms with E-state index in [-0.39, 0.29) is 18.1 Å². The van der Waals surface area contributed by atoms with Crippen LogP contribution in [-0.4, -0.2) is 32.2 Å². The first-order valence-corrected chi connectivity index (χ1v) is 7.84. The molecule has 1 aliphatic rings. The minimum atomic E-state index is -3.19. The van der Waals surface area contributed by atoms with Gasteiger partial charge in [0.15, 0.2) is 0 Å². The predicted molar refractivity (Wildman–Crippen MR) is 69.4 cm³/mol. The number of hydrogen-bond acceptors (Lipinski definition) is 5. The molecule has 1 aliphatic heterocycles. The van der Waals surface area contributed by atoms with Crippen LogP contribution in [0.5, 0.6) is 0 Å². The minimum Gasteiger partial charge on any atom is -0.355 e. The molecule has 0 aromatic carbocycles. The van der Waals surface area contributed by atoms with Crippen molar-refractivity contribution in [1.82, 2.24) is 0 Å². The highest BCUT2D eigenvalue weighted by Gasteiger charge is 2.25. The Kier molecular flexibility index (Phi) is 6.53. The van der Waals surface area contributed by atoms with E-state index in [1.54, 1.807) is 6.08 Å². The second-order valence-corrected chi connectivity index (χ2v) is 6.61. The summed E-state index contributed by atoms with van der Waals surface area (Å²) in [6, 6.07) is 0. The quantitative estimate of drug-likeness (QED) is 0.698. The monoisotopic (exact) mass is 278 g/mol. The predicted octanol–water partition coefficient (Wildman–Crippen LogP) is 3.16. The summed E-state index contributed by atoms with van der Waals surface area (Å²) in [6.07, 6.45) is 1.49. The summed E-state index contributed by atoms with van der Waals surface area (Å²) in [6.45, 7) is 8.79. The van der Waals surface area contributed by atoms with Crippen LogP contribution in [-0.2, 0) is 23.1 Å². The Labute approximate surface area is 109 Å². The smallest absolute Gasteiger partial charge is 0.354 e. The first kappa shape index (κ1) is 15.9. The molecule has 0 aliphatic carbocycles. The summed E-state index contributed by atoms with van der Waals surface area (Å²) in [7, 11) is -3.19. The molecule has 1 heterocycles. The molecule has 0 N–H and O–H groups in total. The first-order chi connectivity index (χ1) is 8.41. The van der Waals surface area contributed by atoms with Crippen molar-refractivity contribution < 1.29 is 23.1 Å². The third-order valence-electron chi connectivity index (χ3n) is 2.09. The second-order valence-electron chi connectivity index (χ2n) is 4.81. The van der Waals surface area contributed by atoms with E-state index in [2.05, 4.69) is 0 Å². The van der Waals surface area contributed by atoms with Gasteiger partial charge < -0.3 is 18.5 Å². The van der Waals surface area contributed by atoms with Gasteiger partial charge in [0.1, 0.15) is 6.79 Å². The van der Waals surface area contributed by atoms with Crippen LogP contribution < -0.4 is 0 Å². The summed E-state index contributed by atoms with van der Waals surface area (Å²) in [5.74, 6) is 1.62. The Morgan fingerprint density at radius 3 is 2.06 bits per heavy atom. The van der Waals surface area contributed by atoms with Gasteiger partial charge in [0.25, 0.3) is 0 Å². The molecular weight excluding hydrogens is 255 g/mol. The average Bonchev–Trinajstić information content (AvgIpc) is 2.26. The topological polar surface area (TPSA) is 54.0 Å². The highest BCUT2D eigenvalue weighted by molar-refractivity contribution is 7.57. The Balaban J connectivity index is 2.64. The molecule has 0 bridgehead atoms. The zero-order valence-electron chi connectivity index (χ0n) is 11.5. The van der Waals surface area contributed by atoms with Crippen molar-refractivity contribution in [3.05, 3.63) is 11.9 Å². The molecule has 0 amide bonds. The molecule has 5 nitrogen and oxygen atoms in total. The lowest BCUT2D eigenvalue weighted by Crippen LogP contribution is -2.22. The van der Waals surface area contributed by atoms with Gasteiger partial charge in [-0.05, 0) is 27.7 Å². The fourth-order valence-corrected chi connectivity index (χ4v) is 3.35. The normalized spacial score (nSPS) is 19.2. The van der Waals surface area contributed by atoms with Gasteiger partial charge in [-0.3, -0.25) is 4.57 Å². The maximum Gasteiger partial charge on any atom is 0.354 e. The van der Waals surface area contributed by atoms with Gasteiger partial charge in [-0.15, -0.1) is 0 Å². The lowest BCUT2D eigenvalue weighted by Gasteiger charge is -2.22. The molecule has 0 aromatic rings. The second kappa shape index (κ2) is 7.41. The SMILES string of the molecule is CC(C)OP(=O)(C=CC1COCOC1)OC(C)C. The molecule has 0 atom stereocenters. The van der Waals surface area contributed by atoms with Crippen LogP contribution in [0, 0.1) is 5.92 Å². The largest absolute Gasteiger partial charge is 0.355 e. The Morgan fingerprint density at radius 1 is 1.11 bits per heavy atom. The fourth-order valence-electron chi connectivity index (χ4n) is 1.53. The van der Waals surface area contributed by atoms with Crippen LogP contribution in [0.25, 0.3) is 0 Å². The van der Waals surface area contributed by atoms with Crippen molar-refractivity contribution in [1.29, 1.82) is 0 Å². The van der Waals surface area contributed by atoms with Gasteiger partial charge in [-0.2, -0.15) is 0 Å². The van der Waals surface area contributed by atoms with E-state index in [1.165, 1.54) is 5.82 Å². The summed E-state index contributed by atoms with van der Waals surface area (Å²) in [4.78, 5) is 0. The van der Waals surface area contributed by atoms with Gasteiger partial charge in [0.05, 0.1) is 25.4 Å². The van der Waals surface area contributed by atoms with Crippen molar-refractivity contribution in [2.24, 2.45) is 5.92 Å². The van der Waals surface area contributed by atoms with Crippen molar-refractivity contribution >= 4 is 7.60 Å². The zero-order valence-corrected chi connectivity index (χ0v) is 12.4. The van der Waals surface area contributed by atoms with Gasteiger partial charge in [-0.25, -0.2) is 0 Å². The highest BCUT2D eigenvalue weighted by atomic mass is 31.2. The van der Waals surface area contributed by atoms with Crippen molar-refractivity contribution in [3.8, 4) is 0 Å². The average molecular weight is 278 g/mol. The molecule has 1 fully saturated rings. The van der Waals surface area contributed by atoms with Crippen LogP contribution in [0.2, 0.25) is 0 Å². The summed E-state index contributed by atoms with van der Waals surface area (Å²) >= 11 is 0. The number of hydrogen-bond donors (Lipinski definition) is 0. The molecule has 0 unspecified atom stereocenters. The number of ether oxygens (including phenoxy) is 2. The molecule has 6 heteroatoms. The van der Waals surface area contributed by atoms with E-state index >= 15 is 0 Å². The van der Waals surface area contributed by atoms with Crippen molar-refractivity contribution in [2.45, 2.75) is 39.9 Å². The molecular formula is C12H23O5P. The van der Waals surface area contributed by atoms with Crippen LogP contribution in [0.4, 0.5) is 0 Å². The standard InChI is InChI=1S/C12H23O5P/c1-10(2)16-18(13,17-11(3)4)6-5-12-7-14-9-15-8-12/h5-6,10-12H,7-9H2,1-4H3. The van der Waals surface area contributed by atoms with E-state index in [0.717, 1.165) is 0 Å². The summed E-state index contributed by atoms with van der Waals surface area (Å²) < 4.78 is 33.6.